The second-order valence-electron chi connectivity index (χ2n) is 14.4. The monoisotopic (exact) mass is 568 g/mol. The van der Waals surface area contributed by atoms with E-state index in [1.54, 1.807) is 0 Å². The van der Waals surface area contributed by atoms with E-state index in [4.69, 9.17) is 4.74 Å². The van der Waals surface area contributed by atoms with E-state index in [2.05, 4.69) is 154 Å². The summed E-state index contributed by atoms with van der Waals surface area (Å²) in [7, 11) is 0. The molecule has 0 amide bonds. The lowest BCUT2D eigenvalue weighted by Crippen LogP contribution is -2.46. The third kappa shape index (κ3) is 8.45. The number of aliphatic hydroxyl groups is 1. The lowest BCUT2D eigenvalue weighted by Gasteiger charge is -2.39. The molecule has 0 spiro atoms. The first-order valence-electron chi connectivity index (χ1n) is 15.8. The minimum Gasteiger partial charge on any atom is -0.393 e. The Kier molecular flexibility index (Phi) is 11.1. The first-order valence-corrected chi connectivity index (χ1v) is 15.8. The Labute approximate surface area is 257 Å². The number of hydrogen-bond acceptors (Lipinski definition) is 2. The Hall–Kier alpha value is -2.68. The summed E-state index contributed by atoms with van der Waals surface area (Å²) in [6.07, 6.45) is 35.2. The molecule has 3 aliphatic rings. The van der Waals surface area contributed by atoms with Crippen LogP contribution in [0.2, 0.25) is 0 Å². The lowest BCUT2D eigenvalue weighted by molar-refractivity contribution is 0.0515. The average Bonchev–Trinajstić information content (AvgIpc) is 3.50. The summed E-state index contributed by atoms with van der Waals surface area (Å²) < 4.78 is 6.25. The number of hydrogen-bond donors (Lipinski definition) is 1. The highest BCUT2D eigenvalue weighted by Gasteiger charge is 2.74. The normalized spacial score (nSPS) is 31.0. The van der Waals surface area contributed by atoms with Crippen molar-refractivity contribution in [3.05, 3.63) is 119 Å². The van der Waals surface area contributed by atoms with E-state index in [-0.39, 0.29) is 28.1 Å². The van der Waals surface area contributed by atoms with Gasteiger partial charge in [0.1, 0.15) is 11.2 Å². The Balaban J connectivity index is 1.49. The van der Waals surface area contributed by atoms with E-state index >= 15 is 0 Å². The lowest BCUT2D eigenvalue weighted by atomic mass is 9.63. The Bertz CT molecular complexity index is 1300. The van der Waals surface area contributed by atoms with Gasteiger partial charge in [0, 0.05) is 11.8 Å². The van der Waals surface area contributed by atoms with Gasteiger partial charge in [0.25, 0.3) is 0 Å². The minimum absolute atomic E-state index is 0.0868. The molecule has 0 aromatic rings. The summed E-state index contributed by atoms with van der Waals surface area (Å²) in [5.41, 5.74) is 7.55. The van der Waals surface area contributed by atoms with Crippen LogP contribution in [0.1, 0.15) is 101 Å². The maximum Gasteiger partial charge on any atom is 0.121 e. The number of epoxide rings is 1. The van der Waals surface area contributed by atoms with Crippen molar-refractivity contribution in [2.75, 3.05) is 0 Å². The smallest absolute Gasteiger partial charge is 0.121 e. The van der Waals surface area contributed by atoms with Crippen LogP contribution >= 0.6 is 0 Å². The van der Waals surface area contributed by atoms with Gasteiger partial charge in [-0.2, -0.15) is 0 Å². The molecule has 0 radical (unpaired) electrons. The van der Waals surface area contributed by atoms with Gasteiger partial charge in [-0.1, -0.05) is 135 Å². The highest BCUT2D eigenvalue weighted by atomic mass is 16.6. The van der Waals surface area contributed by atoms with Crippen LogP contribution in [-0.2, 0) is 4.74 Å². The standard InChI is InChI=1S/C40H56O2/c1-30(18-13-20-32(3)23-24-36-34(5)22-15-26-37(36,6)7)16-11-12-17-31(2)19-14-21-33(4)25-27-40-38(8,9)28-35(41)29-39(40,10)42-40/h11-14,16-21,23-25,27,35,41H,15,22,26,28-29H2,1-10H3/b12-11+,18-13+,19-14+,24-23-,27-25+,30-16+,31-17+,32-20+,33-21+/t35-,39+,40-/m0/s1. The maximum atomic E-state index is 10.2. The van der Waals surface area contributed by atoms with Gasteiger partial charge in [0.15, 0.2) is 0 Å². The predicted molar refractivity (Wildman–Crippen MR) is 182 cm³/mol. The van der Waals surface area contributed by atoms with Crippen LogP contribution in [0.3, 0.4) is 0 Å². The minimum atomic E-state index is -0.283. The van der Waals surface area contributed by atoms with Crippen LogP contribution in [-0.4, -0.2) is 22.4 Å². The molecule has 2 fully saturated rings. The number of fused-ring (bicyclic) bond motifs is 1. The number of aliphatic hydroxyl groups excluding tert-OH is 1. The largest absolute Gasteiger partial charge is 0.393 e. The summed E-state index contributed by atoms with van der Waals surface area (Å²) in [4.78, 5) is 0. The van der Waals surface area contributed by atoms with Gasteiger partial charge < -0.3 is 9.84 Å². The quantitative estimate of drug-likeness (QED) is 0.210. The van der Waals surface area contributed by atoms with E-state index in [1.807, 2.05) is 0 Å². The topological polar surface area (TPSA) is 32.8 Å². The fourth-order valence-corrected chi connectivity index (χ4v) is 6.89. The van der Waals surface area contributed by atoms with E-state index in [0.29, 0.717) is 6.42 Å². The van der Waals surface area contributed by atoms with Crippen molar-refractivity contribution < 1.29 is 9.84 Å². The molecule has 0 unspecified atom stereocenters. The van der Waals surface area contributed by atoms with Gasteiger partial charge in [-0.05, 0) is 84.3 Å². The van der Waals surface area contributed by atoms with Gasteiger partial charge in [0.2, 0.25) is 0 Å². The highest BCUT2D eigenvalue weighted by Crippen LogP contribution is 2.66. The number of ether oxygens (including phenoxy) is 1. The zero-order valence-corrected chi connectivity index (χ0v) is 28.1. The van der Waals surface area contributed by atoms with E-state index in [1.165, 1.54) is 52.7 Å². The third-order valence-electron chi connectivity index (χ3n) is 9.41. The van der Waals surface area contributed by atoms with Crippen molar-refractivity contribution in [2.24, 2.45) is 10.8 Å². The zero-order chi connectivity index (χ0) is 31.2. The van der Waals surface area contributed by atoms with E-state index in [0.717, 1.165) is 6.42 Å². The van der Waals surface area contributed by atoms with Gasteiger partial charge in [-0.3, -0.25) is 0 Å². The molecule has 2 nitrogen and oxygen atoms in total. The molecule has 42 heavy (non-hydrogen) atoms. The molecule has 2 aliphatic carbocycles. The van der Waals surface area contributed by atoms with Crippen LogP contribution in [0.25, 0.3) is 0 Å². The fourth-order valence-electron chi connectivity index (χ4n) is 6.89. The summed E-state index contributed by atoms with van der Waals surface area (Å²) in [5, 5.41) is 10.2. The summed E-state index contributed by atoms with van der Waals surface area (Å²) >= 11 is 0. The highest BCUT2D eigenvalue weighted by molar-refractivity contribution is 5.38. The molecule has 1 N–H and O–H groups in total. The molecule has 1 saturated heterocycles. The predicted octanol–water partition coefficient (Wildman–Crippen LogP) is 10.8. The van der Waals surface area contributed by atoms with Crippen molar-refractivity contribution in [1.29, 1.82) is 0 Å². The first kappa shape index (κ1) is 33.8. The van der Waals surface area contributed by atoms with Crippen LogP contribution in [0.15, 0.2) is 119 Å². The summed E-state index contributed by atoms with van der Waals surface area (Å²) in [6.45, 7) is 22.1. The molecule has 2 heteroatoms. The van der Waals surface area contributed by atoms with Crippen LogP contribution in [0.4, 0.5) is 0 Å². The van der Waals surface area contributed by atoms with Crippen LogP contribution < -0.4 is 0 Å². The molecule has 1 saturated carbocycles. The number of allylic oxidation sites excluding steroid dienone is 19. The summed E-state index contributed by atoms with van der Waals surface area (Å²) in [5.74, 6) is 0. The Morgan fingerprint density at radius 3 is 1.81 bits per heavy atom. The van der Waals surface area contributed by atoms with Gasteiger partial charge >= 0.3 is 0 Å². The van der Waals surface area contributed by atoms with E-state index < -0.39 is 0 Å². The molecule has 1 heterocycles. The number of rotatable bonds is 10. The second-order valence-corrected chi connectivity index (χ2v) is 14.4. The molecule has 0 aromatic heterocycles. The Morgan fingerprint density at radius 2 is 1.26 bits per heavy atom. The molecule has 3 atom stereocenters. The van der Waals surface area contributed by atoms with E-state index in [9.17, 15) is 5.11 Å². The van der Waals surface area contributed by atoms with Crippen molar-refractivity contribution in [3.8, 4) is 0 Å². The van der Waals surface area contributed by atoms with Gasteiger partial charge in [-0.15, -0.1) is 0 Å². The van der Waals surface area contributed by atoms with Gasteiger partial charge in [0.05, 0.1) is 6.10 Å². The molecule has 0 aromatic carbocycles. The molecule has 3 rings (SSSR count). The molecule has 1 aliphatic heterocycles. The average molecular weight is 569 g/mol. The first-order chi connectivity index (χ1) is 19.6. The van der Waals surface area contributed by atoms with Gasteiger partial charge in [-0.25, -0.2) is 0 Å². The molecular formula is C40H56O2. The maximum absolute atomic E-state index is 10.2. The molecular weight excluding hydrogens is 512 g/mol. The summed E-state index contributed by atoms with van der Waals surface area (Å²) in [6, 6.07) is 0. The van der Waals surface area contributed by atoms with Crippen LogP contribution in [0.5, 0.6) is 0 Å². The van der Waals surface area contributed by atoms with Crippen molar-refractivity contribution >= 4 is 0 Å². The van der Waals surface area contributed by atoms with Crippen molar-refractivity contribution in [3.63, 3.8) is 0 Å². The zero-order valence-electron chi connectivity index (χ0n) is 28.1. The Morgan fingerprint density at radius 1 is 0.738 bits per heavy atom. The van der Waals surface area contributed by atoms with Crippen LogP contribution in [0, 0.1) is 10.8 Å². The van der Waals surface area contributed by atoms with Crippen molar-refractivity contribution in [2.45, 2.75) is 119 Å². The van der Waals surface area contributed by atoms with Crippen molar-refractivity contribution in [1.82, 2.24) is 0 Å². The third-order valence-corrected chi connectivity index (χ3v) is 9.41. The molecule has 228 valence electrons. The SMILES string of the molecule is CC1=C(\C=C/C(C)=C/C=C/C(C)=C/C=C/C=C(C)/C=C/C=C(C)/C=C/[C@@]23O[C@]2(C)C[C@@H](O)CC3(C)C)C(C)(C)CCC1. The molecule has 0 bridgehead atoms. The fraction of sp³-hybridized carbons (Fsp3) is 0.500. The second kappa shape index (κ2) is 13.7.